The fourth-order valence-corrected chi connectivity index (χ4v) is 2.87. The van der Waals surface area contributed by atoms with Crippen molar-refractivity contribution < 1.29 is 33.0 Å². The number of carboxylic acids is 1. The van der Waals surface area contributed by atoms with E-state index >= 15 is 0 Å². The van der Waals surface area contributed by atoms with E-state index in [0.717, 1.165) is 17.8 Å². The summed E-state index contributed by atoms with van der Waals surface area (Å²) < 4.78 is 39.8. The first-order valence-corrected chi connectivity index (χ1v) is 7.30. The first kappa shape index (κ1) is 18.2. The van der Waals surface area contributed by atoms with Crippen LogP contribution >= 0.6 is 0 Å². The highest BCUT2D eigenvalue weighted by atomic mass is 19.4. The molecule has 1 fully saturated rings. The summed E-state index contributed by atoms with van der Waals surface area (Å²) >= 11 is 0. The Balaban J connectivity index is 2.12. The molecule has 0 saturated carbocycles. The number of amides is 1. The van der Waals surface area contributed by atoms with Gasteiger partial charge in [-0.1, -0.05) is 0 Å². The Bertz CT molecular complexity index is 646. The van der Waals surface area contributed by atoms with Gasteiger partial charge in [-0.2, -0.15) is 18.3 Å². The SMILES string of the molecule is Cn1ncc(C(=O)O)c1C(=O)N1CCC(C(C)(O)C(F)(F)F)CC1. The number of piperidine rings is 1. The van der Waals surface area contributed by atoms with Gasteiger partial charge in [0.15, 0.2) is 5.60 Å². The molecule has 0 spiro atoms. The number of halogens is 3. The maximum atomic E-state index is 12.9. The number of aromatic nitrogens is 2. The predicted octanol–water partition coefficient (Wildman–Crippen LogP) is 1.28. The molecule has 1 aromatic rings. The normalized spacial score (nSPS) is 19.2. The topological polar surface area (TPSA) is 95.7 Å². The second-order valence-electron chi connectivity index (χ2n) is 6.05. The molecule has 1 atom stereocenters. The summed E-state index contributed by atoms with van der Waals surface area (Å²) in [6, 6.07) is 0. The molecule has 2 heterocycles. The molecule has 1 aliphatic heterocycles. The second-order valence-corrected chi connectivity index (χ2v) is 6.05. The molecule has 1 aliphatic rings. The van der Waals surface area contributed by atoms with Crippen molar-refractivity contribution in [2.45, 2.75) is 31.5 Å². The molecule has 0 radical (unpaired) electrons. The van der Waals surface area contributed by atoms with Gasteiger partial charge >= 0.3 is 12.1 Å². The Kier molecular flexibility index (Phi) is 4.62. The van der Waals surface area contributed by atoms with Crippen LogP contribution in [-0.4, -0.2) is 61.6 Å². The fourth-order valence-electron chi connectivity index (χ4n) is 2.87. The number of aromatic carboxylic acids is 1. The third-order valence-corrected chi connectivity index (χ3v) is 4.52. The van der Waals surface area contributed by atoms with Gasteiger partial charge in [0.05, 0.1) is 6.20 Å². The molecule has 10 heteroatoms. The predicted molar refractivity (Wildman–Crippen MR) is 75.5 cm³/mol. The highest BCUT2D eigenvalue weighted by Crippen LogP contribution is 2.40. The minimum Gasteiger partial charge on any atom is -0.478 e. The average Bonchev–Trinajstić information content (AvgIpc) is 2.87. The van der Waals surface area contributed by atoms with Gasteiger partial charge in [-0.25, -0.2) is 4.79 Å². The molecule has 7 nitrogen and oxygen atoms in total. The number of carbonyl (C=O) groups excluding carboxylic acids is 1. The Morgan fingerprint density at radius 2 is 1.83 bits per heavy atom. The summed E-state index contributed by atoms with van der Waals surface area (Å²) in [5.74, 6) is -2.93. The number of rotatable bonds is 3. The number of alkyl halides is 3. The number of likely N-dealkylation sites (tertiary alicyclic amines) is 1. The van der Waals surface area contributed by atoms with E-state index in [2.05, 4.69) is 5.10 Å². The van der Waals surface area contributed by atoms with Crippen molar-refractivity contribution in [3.63, 3.8) is 0 Å². The van der Waals surface area contributed by atoms with E-state index in [1.54, 1.807) is 0 Å². The van der Waals surface area contributed by atoms with Crippen LogP contribution in [0.3, 0.4) is 0 Å². The Morgan fingerprint density at radius 3 is 2.29 bits per heavy atom. The van der Waals surface area contributed by atoms with Crippen LogP contribution in [0.1, 0.15) is 40.6 Å². The number of hydrogen-bond acceptors (Lipinski definition) is 4. The molecular weight excluding hydrogens is 331 g/mol. The maximum absolute atomic E-state index is 12.9. The van der Waals surface area contributed by atoms with Gasteiger partial charge < -0.3 is 15.1 Å². The third-order valence-electron chi connectivity index (χ3n) is 4.52. The van der Waals surface area contributed by atoms with E-state index in [4.69, 9.17) is 5.11 Å². The van der Waals surface area contributed by atoms with Crippen LogP contribution in [0.2, 0.25) is 0 Å². The zero-order chi connectivity index (χ0) is 18.3. The second kappa shape index (κ2) is 6.08. The van der Waals surface area contributed by atoms with Gasteiger partial charge in [0.2, 0.25) is 0 Å². The summed E-state index contributed by atoms with van der Waals surface area (Å²) in [6.45, 7) is 0.735. The quantitative estimate of drug-likeness (QED) is 0.857. The van der Waals surface area contributed by atoms with Crippen LogP contribution in [0.15, 0.2) is 6.20 Å². The summed E-state index contributed by atoms with van der Waals surface area (Å²) in [4.78, 5) is 24.9. The number of hydrogen-bond donors (Lipinski definition) is 2. The van der Waals surface area contributed by atoms with E-state index in [-0.39, 0.29) is 37.2 Å². The van der Waals surface area contributed by atoms with Crippen molar-refractivity contribution in [2.24, 2.45) is 13.0 Å². The van der Waals surface area contributed by atoms with Crippen molar-refractivity contribution in [2.75, 3.05) is 13.1 Å². The van der Waals surface area contributed by atoms with E-state index in [1.165, 1.54) is 11.9 Å². The number of aryl methyl sites for hydroxylation is 1. The molecule has 1 saturated heterocycles. The van der Waals surface area contributed by atoms with Gasteiger partial charge in [0.25, 0.3) is 5.91 Å². The highest BCUT2D eigenvalue weighted by Gasteiger charge is 2.55. The van der Waals surface area contributed by atoms with Crippen LogP contribution in [0.5, 0.6) is 0 Å². The molecule has 134 valence electrons. The smallest absolute Gasteiger partial charge is 0.417 e. The number of carbonyl (C=O) groups is 2. The lowest BCUT2D eigenvalue weighted by atomic mass is 9.81. The first-order chi connectivity index (χ1) is 11.0. The van der Waals surface area contributed by atoms with E-state index in [9.17, 15) is 27.9 Å². The zero-order valence-electron chi connectivity index (χ0n) is 13.2. The third kappa shape index (κ3) is 3.10. The summed E-state index contributed by atoms with van der Waals surface area (Å²) in [7, 11) is 1.42. The van der Waals surface area contributed by atoms with Crippen molar-refractivity contribution in [3.8, 4) is 0 Å². The summed E-state index contributed by atoms with van der Waals surface area (Å²) in [5, 5.41) is 22.5. The molecule has 1 amide bonds. The Labute approximate surface area is 135 Å². The van der Waals surface area contributed by atoms with Crippen molar-refractivity contribution in [1.82, 2.24) is 14.7 Å². The number of carboxylic acid groups (broad SMARTS) is 1. The zero-order valence-corrected chi connectivity index (χ0v) is 13.2. The van der Waals surface area contributed by atoms with E-state index < -0.39 is 29.6 Å². The van der Waals surface area contributed by atoms with E-state index in [0.29, 0.717) is 0 Å². The largest absolute Gasteiger partial charge is 0.478 e. The summed E-state index contributed by atoms with van der Waals surface area (Å²) in [6.07, 6.45) is -3.75. The minimum atomic E-state index is -4.75. The van der Waals surface area contributed by atoms with Crippen LogP contribution < -0.4 is 0 Å². The van der Waals surface area contributed by atoms with Crippen LogP contribution in [0.25, 0.3) is 0 Å². The Hall–Kier alpha value is -2.10. The molecule has 24 heavy (non-hydrogen) atoms. The fraction of sp³-hybridized carbons (Fsp3) is 0.643. The average molecular weight is 349 g/mol. The van der Waals surface area contributed by atoms with Gasteiger partial charge in [-0.05, 0) is 25.7 Å². The standard InChI is InChI=1S/C14H18F3N3O4/c1-13(24,14(15,16)17)8-3-5-20(6-4-8)11(21)10-9(12(22)23)7-18-19(10)2/h7-8,24H,3-6H2,1-2H3,(H,22,23). The van der Waals surface area contributed by atoms with Crippen LogP contribution in [0, 0.1) is 5.92 Å². The summed E-state index contributed by atoms with van der Waals surface area (Å²) in [5.41, 5.74) is -3.20. The lowest BCUT2D eigenvalue weighted by Crippen LogP contribution is -2.53. The van der Waals surface area contributed by atoms with Crippen LogP contribution in [-0.2, 0) is 7.05 Å². The maximum Gasteiger partial charge on any atom is 0.417 e. The highest BCUT2D eigenvalue weighted by molar-refractivity contribution is 6.03. The molecule has 0 bridgehead atoms. The van der Waals surface area contributed by atoms with Crippen LogP contribution in [0.4, 0.5) is 13.2 Å². The monoisotopic (exact) mass is 349 g/mol. The lowest BCUT2D eigenvalue weighted by Gasteiger charge is -2.40. The Morgan fingerprint density at radius 1 is 1.29 bits per heavy atom. The molecule has 1 aromatic heterocycles. The first-order valence-electron chi connectivity index (χ1n) is 7.30. The van der Waals surface area contributed by atoms with Gasteiger partial charge in [0, 0.05) is 20.1 Å². The van der Waals surface area contributed by atoms with Crippen molar-refractivity contribution >= 4 is 11.9 Å². The van der Waals surface area contributed by atoms with Gasteiger partial charge in [-0.15, -0.1) is 0 Å². The number of aliphatic hydroxyl groups is 1. The lowest BCUT2D eigenvalue weighted by molar-refractivity contribution is -0.275. The molecule has 0 aromatic carbocycles. The molecule has 0 aliphatic carbocycles. The van der Waals surface area contributed by atoms with Gasteiger partial charge in [0.1, 0.15) is 11.3 Å². The van der Waals surface area contributed by atoms with E-state index in [1.807, 2.05) is 0 Å². The molecule has 2 N–H and O–H groups in total. The minimum absolute atomic E-state index is 0.0000307. The van der Waals surface area contributed by atoms with Gasteiger partial charge in [-0.3, -0.25) is 9.48 Å². The van der Waals surface area contributed by atoms with Crippen molar-refractivity contribution in [1.29, 1.82) is 0 Å². The number of nitrogens with zero attached hydrogens (tertiary/aromatic N) is 3. The molecular formula is C14H18F3N3O4. The molecule has 1 unspecified atom stereocenters. The van der Waals surface area contributed by atoms with Crippen molar-refractivity contribution in [3.05, 3.63) is 17.5 Å². The molecule has 2 rings (SSSR count).